The second kappa shape index (κ2) is 3.41. The maximum absolute atomic E-state index is 8.43. The lowest BCUT2D eigenvalue weighted by Gasteiger charge is -1.98. The van der Waals surface area contributed by atoms with Crippen LogP contribution in [0.3, 0.4) is 0 Å². The molecule has 72 valence electrons. The summed E-state index contributed by atoms with van der Waals surface area (Å²) in [5, 5.41) is 12.4. The van der Waals surface area contributed by atoms with Crippen molar-refractivity contribution in [2.75, 3.05) is 7.11 Å². The number of hydrogen-bond donors (Lipinski definition) is 2. The summed E-state index contributed by atoms with van der Waals surface area (Å²) in [5.74, 6) is 0.798. The Morgan fingerprint density at radius 3 is 3.07 bits per heavy atom. The van der Waals surface area contributed by atoms with Crippen LogP contribution >= 0.6 is 0 Å². The molecule has 0 fully saturated rings. The number of hydrogen-bond acceptors (Lipinski definition) is 3. The maximum Gasteiger partial charge on any atom is 0.120 e. The highest BCUT2D eigenvalue weighted by atomic mass is 16.5. The molecule has 0 saturated carbocycles. The Morgan fingerprint density at radius 2 is 2.36 bits per heavy atom. The van der Waals surface area contributed by atoms with Crippen molar-refractivity contribution < 1.29 is 9.94 Å². The number of fused-ring (bicyclic) bond motifs is 1. The lowest BCUT2D eigenvalue weighted by Crippen LogP contribution is -1.82. The van der Waals surface area contributed by atoms with Crippen molar-refractivity contribution in [1.82, 2.24) is 4.98 Å². The van der Waals surface area contributed by atoms with Crippen LogP contribution < -0.4 is 4.74 Å². The van der Waals surface area contributed by atoms with E-state index in [2.05, 4.69) is 10.1 Å². The number of oxime groups is 1. The summed E-state index contributed by atoms with van der Waals surface area (Å²) < 4.78 is 5.09. The molecule has 0 bridgehead atoms. The molecular formula is C10H10N2O2. The van der Waals surface area contributed by atoms with Gasteiger partial charge < -0.3 is 14.9 Å². The molecule has 1 heterocycles. The molecule has 1 aromatic heterocycles. The van der Waals surface area contributed by atoms with E-state index in [-0.39, 0.29) is 0 Å². The molecule has 2 aromatic rings. The molecule has 4 nitrogen and oxygen atoms in total. The van der Waals surface area contributed by atoms with E-state index >= 15 is 0 Å². The maximum atomic E-state index is 8.43. The van der Waals surface area contributed by atoms with Gasteiger partial charge in [0, 0.05) is 28.7 Å². The normalized spacial score (nSPS) is 11.2. The molecule has 0 saturated heterocycles. The first kappa shape index (κ1) is 8.62. The van der Waals surface area contributed by atoms with Gasteiger partial charge in [-0.05, 0) is 12.1 Å². The topological polar surface area (TPSA) is 57.6 Å². The zero-order valence-electron chi connectivity index (χ0n) is 7.69. The molecule has 0 unspecified atom stereocenters. The quantitative estimate of drug-likeness (QED) is 0.432. The van der Waals surface area contributed by atoms with Gasteiger partial charge in [0.1, 0.15) is 5.75 Å². The standard InChI is InChI=1S/C10H10N2O2/c1-14-8-2-3-9-7(6-12-13)5-11-10(9)4-8/h2-6,11,13H,1H3/b12-6-. The predicted molar refractivity (Wildman–Crippen MR) is 54.2 cm³/mol. The van der Waals surface area contributed by atoms with Crippen molar-refractivity contribution in [1.29, 1.82) is 0 Å². The Labute approximate surface area is 80.8 Å². The smallest absolute Gasteiger partial charge is 0.120 e. The second-order valence-corrected chi connectivity index (χ2v) is 2.90. The molecular weight excluding hydrogens is 180 g/mol. The van der Waals surface area contributed by atoms with Crippen LogP contribution in [0.15, 0.2) is 29.6 Å². The molecule has 0 amide bonds. The molecule has 0 radical (unpaired) electrons. The van der Waals surface area contributed by atoms with Crippen LogP contribution in [0.4, 0.5) is 0 Å². The van der Waals surface area contributed by atoms with Crippen LogP contribution in [0.5, 0.6) is 5.75 Å². The Bertz CT molecular complexity index is 474. The van der Waals surface area contributed by atoms with Crippen molar-refractivity contribution in [2.45, 2.75) is 0 Å². The molecule has 0 aliphatic rings. The zero-order chi connectivity index (χ0) is 9.97. The van der Waals surface area contributed by atoms with Crippen LogP contribution in [0.1, 0.15) is 5.56 Å². The fourth-order valence-electron chi connectivity index (χ4n) is 1.42. The van der Waals surface area contributed by atoms with E-state index in [0.717, 1.165) is 22.2 Å². The SMILES string of the molecule is COc1ccc2c(/C=N\O)c[nH]c2c1. The zero-order valence-corrected chi connectivity index (χ0v) is 7.69. The van der Waals surface area contributed by atoms with Crippen LogP contribution in [-0.4, -0.2) is 23.5 Å². The molecule has 0 aliphatic carbocycles. The minimum atomic E-state index is 0.798. The van der Waals surface area contributed by atoms with E-state index in [4.69, 9.17) is 9.94 Å². The van der Waals surface area contributed by atoms with Crippen LogP contribution in [-0.2, 0) is 0 Å². The number of aromatic nitrogens is 1. The summed E-state index contributed by atoms with van der Waals surface area (Å²) in [6, 6.07) is 5.68. The summed E-state index contributed by atoms with van der Waals surface area (Å²) >= 11 is 0. The molecule has 14 heavy (non-hydrogen) atoms. The van der Waals surface area contributed by atoms with Crippen LogP contribution in [0.25, 0.3) is 10.9 Å². The fraction of sp³-hybridized carbons (Fsp3) is 0.100. The van der Waals surface area contributed by atoms with Gasteiger partial charge in [-0.3, -0.25) is 0 Å². The average Bonchev–Trinajstić information content (AvgIpc) is 2.61. The number of rotatable bonds is 2. The third-order valence-corrected chi connectivity index (χ3v) is 2.12. The van der Waals surface area contributed by atoms with Gasteiger partial charge >= 0.3 is 0 Å². The molecule has 2 rings (SSSR count). The van der Waals surface area contributed by atoms with E-state index in [0.29, 0.717) is 0 Å². The highest BCUT2D eigenvalue weighted by molar-refractivity contribution is 5.99. The largest absolute Gasteiger partial charge is 0.497 e. The summed E-state index contributed by atoms with van der Waals surface area (Å²) in [7, 11) is 1.63. The molecule has 0 aliphatic heterocycles. The lowest BCUT2D eigenvalue weighted by molar-refractivity contribution is 0.322. The van der Waals surface area contributed by atoms with Crippen molar-refractivity contribution in [2.24, 2.45) is 5.16 Å². The van der Waals surface area contributed by atoms with Crippen molar-refractivity contribution in [3.05, 3.63) is 30.0 Å². The molecule has 2 N–H and O–H groups in total. The van der Waals surface area contributed by atoms with Gasteiger partial charge in [-0.25, -0.2) is 0 Å². The highest BCUT2D eigenvalue weighted by Gasteiger charge is 2.02. The fourth-order valence-corrected chi connectivity index (χ4v) is 1.42. The van der Waals surface area contributed by atoms with Crippen molar-refractivity contribution >= 4 is 17.1 Å². The third kappa shape index (κ3) is 1.31. The van der Waals surface area contributed by atoms with Crippen molar-refractivity contribution in [3.8, 4) is 5.75 Å². The number of nitrogens with one attached hydrogen (secondary N) is 1. The number of methoxy groups -OCH3 is 1. The number of H-pyrrole nitrogens is 1. The van der Waals surface area contributed by atoms with Gasteiger partial charge in [0.15, 0.2) is 0 Å². The Balaban J connectivity index is 2.59. The molecule has 1 aromatic carbocycles. The van der Waals surface area contributed by atoms with E-state index in [1.165, 1.54) is 6.21 Å². The van der Waals surface area contributed by atoms with Crippen LogP contribution in [0, 0.1) is 0 Å². The molecule has 0 spiro atoms. The van der Waals surface area contributed by atoms with Gasteiger partial charge in [0.25, 0.3) is 0 Å². The highest BCUT2D eigenvalue weighted by Crippen LogP contribution is 2.21. The first-order valence-electron chi connectivity index (χ1n) is 4.17. The van der Waals surface area contributed by atoms with E-state index < -0.39 is 0 Å². The van der Waals surface area contributed by atoms with Crippen molar-refractivity contribution in [3.63, 3.8) is 0 Å². The van der Waals surface area contributed by atoms with E-state index in [1.807, 2.05) is 18.2 Å². The Morgan fingerprint density at radius 1 is 1.50 bits per heavy atom. The number of ether oxygens (including phenoxy) is 1. The molecule has 0 atom stereocenters. The summed E-state index contributed by atoms with van der Waals surface area (Å²) in [6.07, 6.45) is 3.18. The van der Waals surface area contributed by atoms with Gasteiger partial charge in [-0.1, -0.05) is 5.16 Å². The van der Waals surface area contributed by atoms with Gasteiger partial charge in [0.05, 0.1) is 13.3 Å². The monoisotopic (exact) mass is 190 g/mol. The van der Waals surface area contributed by atoms with Gasteiger partial charge in [-0.15, -0.1) is 0 Å². The summed E-state index contributed by atoms with van der Waals surface area (Å²) in [6.45, 7) is 0. The van der Waals surface area contributed by atoms with E-state index in [1.54, 1.807) is 13.3 Å². The minimum absolute atomic E-state index is 0.798. The molecule has 4 heteroatoms. The average molecular weight is 190 g/mol. The third-order valence-electron chi connectivity index (χ3n) is 2.12. The Hall–Kier alpha value is -1.97. The Kier molecular flexibility index (Phi) is 2.10. The first-order chi connectivity index (χ1) is 6.85. The summed E-state index contributed by atoms with van der Waals surface area (Å²) in [4.78, 5) is 3.07. The number of aromatic amines is 1. The minimum Gasteiger partial charge on any atom is -0.497 e. The number of nitrogens with zero attached hydrogens (tertiary/aromatic N) is 1. The summed E-state index contributed by atoms with van der Waals surface area (Å²) in [5.41, 5.74) is 1.81. The second-order valence-electron chi connectivity index (χ2n) is 2.90. The number of benzene rings is 1. The van der Waals surface area contributed by atoms with E-state index in [9.17, 15) is 0 Å². The van der Waals surface area contributed by atoms with Gasteiger partial charge in [-0.2, -0.15) is 0 Å². The first-order valence-corrected chi connectivity index (χ1v) is 4.17. The van der Waals surface area contributed by atoms with Crippen LogP contribution in [0.2, 0.25) is 0 Å². The predicted octanol–water partition coefficient (Wildman–Crippen LogP) is 1.98. The van der Waals surface area contributed by atoms with Gasteiger partial charge in [0.2, 0.25) is 0 Å². The lowest BCUT2D eigenvalue weighted by atomic mass is 10.2.